The van der Waals surface area contributed by atoms with Gasteiger partial charge in [0.05, 0.1) is 31.6 Å². The molecule has 1 fully saturated rings. The summed E-state index contributed by atoms with van der Waals surface area (Å²) >= 11 is 0. The van der Waals surface area contributed by atoms with Crippen LogP contribution >= 0.6 is 0 Å². The molecule has 0 aromatic carbocycles. The maximum absolute atomic E-state index is 11.1. The highest BCUT2D eigenvalue weighted by Crippen LogP contribution is 2.09. The third kappa shape index (κ3) is 1.70. The largest absolute Gasteiger partial charge is 0.340 e. The van der Waals surface area contributed by atoms with Gasteiger partial charge in [-0.3, -0.25) is 9.63 Å². The van der Waals surface area contributed by atoms with Gasteiger partial charge in [-0.05, 0) is 0 Å². The highest BCUT2D eigenvalue weighted by Gasteiger charge is 2.22. The van der Waals surface area contributed by atoms with E-state index in [2.05, 4.69) is 4.98 Å². The number of aromatic nitrogens is 2. The van der Waals surface area contributed by atoms with Crippen molar-refractivity contribution >= 4 is 5.91 Å². The molecular formula is C8H10N3O2. The molecule has 13 heavy (non-hydrogen) atoms. The predicted octanol–water partition coefficient (Wildman–Crippen LogP) is -0.102. The molecule has 0 saturated carbocycles. The van der Waals surface area contributed by atoms with Gasteiger partial charge in [-0.1, -0.05) is 0 Å². The molecule has 0 bridgehead atoms. The first-order chi connectivity index (χ1) is 6.25. The van der Waals surface area contributed by atoms with Crippen LogP contribution in [0.15, 0.2) is 12.5 Å². The molecule has 1 aromatic heterocycles. The molecule has 2 heterocycles. The number of hydrogen-bond acceptors (Lipinski definition) is 3. The lowest BCUT2D eigenvalue weighted by Gasteiger charge is -2.11. The summed E-state index contributed by atoms with van der Waals surface area (Å²) in [5.41, 5.74) is 0.825. The summed E-state index contributed by atoms with van der Waals surface area (Å²) in [7, 11) is 1.88. The zero-order valence-electron chi connectivity index (χ0n) is 7.30. The second kappa shape index (κ2) is 3.18. The molecule has 69 valence electrons. The van der Waals surface area contributed by atoms with E-state index in [9.17, 15) is 4.79 Å². The third-order valence-electron chi connectivity index (χ3n) is 1.80. The van der Waals surface area contributed by atoms with Crippen molar-refractivity contribution < 1.29 is 9.63 Å². The molecule has 0 N–H and O–H groups in total. The van der Waals surface area contributed by atoms with Gasteiger partial charge in [0.2, 0.25) is 0 Å². The van der Waals surface area contributed by atoms with E-state index < -0.39 is 0 Å². The zero-order valence-corrected chi connectivity index (χ0v) is 7.30. The number of rotatable bonds is 2. The third-order valence-corrected chi connectivity index (χ3v) is 1.80. The van der Waals surface area contributed by atoms with E-state index >= 15 is 0 Å². The monoisotopic (exact) mass is 180 g/mol. The van der Waals surface area contributed by atoms with Crippen LogP contribution in [0.1, 0.15) is 5.69 Å². The number of aryl methyl sites for hydroxylation is 1. The average molecular weight is 180 g/mol. The molecule has 1 saturated heterocycles. The molecule has 1 amide bonds. The van der Waals surface area contributed by atoms with E-state index in [1.165, 1.54) is 11.5 Å². The molecule has 5 heteroatoms. The molecule has 0 atom stereocenters. The molecule has 1 radical (unpaired) electrons. The van der Waals surface area contributed by atoms with Crippen LogP contribution in [0.25, 0.3) is 0 Å². The SMILES string of the molecule is Cn1cnc(CN2OC[CH]C2=O)c1. The van der Waals surface area contributed by atoms with Crippen LogP contribution in [0, 0.1) is 6.42 Å². The van der Waals surface area contributed by atoms with Gasteiger partial charge in [0.15, 0.2) is 0 Å². The smallest absolute Gasteiger partial charge is 0.252 e. The first-order valence-corrected chi connectivity index (χ1v) is 4.00. The van der Waals surface area contributed by atoms with Gasteiger partial charge in [-0.25, -0.2) is 10.0 Å². The van der Waals surface area contributed by atoms with Crippen LogP contribution in [-0.4, -0.2) is 27.1 Å². The molecule has 1 aliphatic heterocycles. The van der Waals surface area contributed by atoms with Crippen LogP contribution in [-0.2, 0) is 23.2 Å². The maximum Gasteiger partial charge on any atom is 0.252 e. The van der Waals surface area contributed by atoms with E-state index in [0.717, 1.165) is 5.69 Å². The number of carbonyl (C=O) groups is 1. The molecule has 1 aromatic rings. The summed E-state index contributed by atoms with van der Waals surface area (Å²) in [5.74, 6) is -0.0920. The Morgan fingerprint density at radius 3 is 3.08 bits per heavy atom. The van der Waals surface area contributed by atoms with Crippen LogP contribution < -0.4 is 0 Å². The van der Waals surface area contributed by atoms with Crippen molar-refractivity contribution in [1.82, 2.24) is 14.6 Å². The summed E-state index contributed by atoms with van der Waals surface area (Å²) in [5, 5.41) is 1.31. The molecule has 1 aliphatic rings. The molecule has 0 spiro atoms. The summed E-state index contributed by atoms with van der Waals surface area (Å²) in [6, 6.07) is 0. The standard InChI is InChI=1S/C8H10N3O2/c1-10-4-7(9-6-10)5-11-8(12)2-3-13-11/h2,4,6H,3,5H2,1H3. The highest BCUT2D eigenvalue weighted by atomic mass is 16.7. The fourth-order valence-corrected chi connectivity index (χ4v) is 1.18. The van der Waals surface area contributed by atoms with Crippen LogP contribution in [0.5, 0.6) is 0 Å². The Hall–Kier alpha value is -1.36. The Balaban J connectivity index is 2.01. The van der Waals surface area contributed by atoms with Gasteiger partial charge >= 0.3 is 0 Å². The van der Waals surface area contributed by atoms with Gasteiger partial charge in [-0.2, -0.15) is 0 Å². The normalized spacial score (nSPS) is 17.0. The first-order valence-electron chi connectivity index (χ1n) is 4.00. The van der Waals surface area contributed by atoms with Gasteiger partial charge < -0.3 is 4.57 Å². The fraction of sp³-hybridized carbons (Fsp3) is 0.375. The van der Waals surface area contributed by atoms with E-state index in [4.69, 9.17) is 4.84 Å². The lowest BCUT2D eigenvalue weighted by Crippen LogP contribution is -2.22. The lowest BCUT2D eigenvalue weighted by molar-refractivity contribution is -0.164. The highest BCUT2D eigenvalue weighted by molar-refractivity contribution is 5.85. The Morgan fingerprint density at radius 1 is 1.69 bits per heavy atom. The van der Waals surface area contributed by atoms with Crippen molar-refractivity contribution in [1.29, 1.82) is 0 Å². The number of amides is 1. The number of carbonyl (C=O) groups excluding carboxylic acids is 1. The molecule has 5 nitrogen and oxygen atoms in total. The first kappa shape index (κ1) is 8.25. The maximum atomic E-state index is 11.1. The van der Waals surface area contributed by atoms with E-state index in [1.807, 2.05) is 17.8 Å². The predicted molar refractivity (Wildman–Crippen MR) is 44.0 cm³/mol. The minimum atomic E-state index is -0.0920. The second-order valence-corrected chi connectivity index (χ2v) is 2.91. The Bertz CT molecular complexity index is 321. The number of hydroxylamine groups is 2. The Labute approximate surface area is 75.9 Å². The van der Waals surface area contributed by atoms with Crippen molar-refractivity contribution in [2.75, 3.05) is 6.61 Å². The van der Waals surface area contributed by atoms with E-state index in [0.29, 0.717) is 13.2 Å². The number of imidazole rings is 1. The average Bonchev–Trinajstić information content (AvgIpc) is 2.64. The van der Waals surface area contributed by atoms with Crippen molar-refractivity contribution in [3.8, 4) is 0 Å². The minimum absolute atomic E-state index is 0.0920. The van der Waals surface area contributed by atoms with Crippen LogP contribution in [0.4, 0.5) is 0 Å². The topological polar surface area (TPSA) is 47.4 Å². The van der Waals surface area contributed by atoms with Gasteiger partial charge in [-0.15, -0.1) is 0 Å². The van der Waals surface area contributed by atoms with Crippen LogP contribution in [0.3, 0.4) is 0 Å². The Kier molecular flexibility index (Phi) is 2.02. The van der Waals surface area contributed by atoms with Crippen molar-refractivity contribution in [3.05, 3.63) is 24.6 Å². The van der Waals surface area contributed by atoms with Gasteiger partial charge in [0.25, 0.3) is 5.91 Å². The van der Waals surface area contributed by atoms with Crippen molar-refractivity contribution in [2.45, 2.75) is 6.54 Å². The second-order valence-electron chi connectivity index (χ2n) is 2.91. The zero-order chi connectivity index (χ0) is 9.26. The molecule has 0 aliphatic carbocycles. The van der Waals surface area contributed by atoms with Crippen molar-refractivity contribution in [3.63, 3.8) is 0 Å². The Morgan fingerprint density at radius 2 is 2.54 bits per heavy atom. The number of hydrogen-bond donors (Lipinski definition) is 0. The summed E-state index contributed by atoms with van der Waals surface area (Å²) in [4.78, 5) is 20.2. The quantitative estimate of drug-likeness (QED) is 0.638. The molecule has 0 unspecified atom stereocenters. The van der Waals surface area contributed by atoms with E-state index in [1.54, 1.807) is 6.33 Å². The molecule has 2 rings (SSSR count). The van der Waals surface area contributed by atoms with Gasteiger partial charge in [0, 0.05) is 13.2 Å². The van der Waals surface area contributed by atoms with Crippen molar-refractivity contribution in [2.24, 2.45) is 7.05 Å². The lowest BCUT2D eigenvalue weighted by atomic mass is 10.4. The fourth-order valence-electron chi connectivity index (χ4n) is 1.18. The summed E-state index contributed by atoms with van der Waals surface area (Å²) in [6.45, 7) is 0.780. The number of nitrogens with zero attached hydrogens (tertiary/aromatic N) is 3. The molecular weight excluding hydrogens is 170 g/mol. The van der Waals surface area contributed by atoms with Crippen LogP contribution in [0.2, 0.25) is 0 Å². The summed E-state index contributed by atoms with van der Waals surface area (Å²) in [6.07, 6.45) is 5.05. The minimum Gasteiger partial charge on any atom is -0.340 e. The summed E-state index contributed by atoms with van der Waals surface area (Å²) < 4.78 is 1.83. The van der Waals surface area contributed by atoms with E-state index in [-0.39, 0.29) is 5.91 Å². The van der Waals surface area contributed by atoms with Gasteiger partial charge in [0.1, 0.15) is 0 Å².